The number of hydrogen-bond acceptors (Lipinski definition) is 3. The lowest BCUT2D eigenvalue weighted by atomic mass is 10.0. The van der Waals surface area contributed by atoms with E-state index in [1.807, 2.05) is 12.3 Å². The van der Waals surface area contributed by atoms with Gasteiger partial charge in [-0.05, 0) is 37.3 Å². The van der Waals surface area contributed by atoms with Gasteiger partial charge in [0.15, 0.2) is 0 Å². The van der Waals surface area contributed by atoms with Gasteiger partial charge < -0.3 is 10.6 Å². The second-order valence-corrected chi connectivity index (χ2v) is 5.65. The fourth-order valence-electron chi connectivity index (χ4n) is 2.61. The third-order valence-electron chi connectivity index (χ3n) is 3.69. The van der Waals surface area contributed by atoms with E-state index in [1.165, 1.54) is 11.1 Å². The van der Waals surface area contributed by atoms with Gasteiger partial charge in [0.05, 0.1) is 0 Å². The molecule has 1 aromatic rings. The second-order valence-electron chi connectivity index (χ2n) is 5.65. The fraction of sp³-hybridized carbons (Fsp3) is 0.688. The molecule has 19 heavy (non-hydrogen) atoms. The van der Waals surface area contributed by atoms with E-state index in [0.29, 0.717) is 18.5 Å². The van der Waals surface area contributed by atoms with E-state index >= 15 is 0 Å². The largest absolute Gasteiger partial charge is 0.353 e. The molecule has 2 N–H and O–H groups in total. The molecule has 0 aliphatic heterocycles. The highest BCUT2D eigenvalue weighted by Gasteiger charge is 2.21. The molecule has 3 heteroatoms. The number of nitrogens with zero attached hydrogens (tertiary/aromatic N) is 2. The predicted octanol–water partition coefficient (Wildman–Crippen LogP) is 3.50. The van der Waals surface area contributed by atoms with Gasteiger partial charge in [0.25, 0.3) is 0 Å². The number of aromatic nitrogens is 1. The molecule has 1 aromatic heterocycles. The summed E-state index contributed by atoms with van der Waals surface area (Å²) >= 11 is 0. The summed E-state index contributed by atoms with van der Waals surface area (Å²) in [5.41, 5.74) is 8.37. The van der Waals surface area contributed by atoms with E-state index in [0.717, 1.165) is 25.2 Å². The minimum Gasteiger partial charge on any atom is -0.353 e. The van der Waals surface area contributed by atoms with E-state index in [4.69, 9.17) is 5.73 Å². The summed E-state index contributed by atoms with van der Waals surface area (Å²) in [6.45, 7) is 12.7. The number of hydrogen-bond donors (Lipinski definition) is 1. The number of anilines is 1. The minimum absolute atomic E-state index is 0.544. The van der Waals surface area contributed by atoms with Gasteiger partial charge >= 0.3 is 0 Å². The lowest BCUT2D eigenvalue weighted by Crippen LogP contribution is -2.39. The fourth-order valence-corrected chi connectivity index (χ4v) is 2.61. The summed E-state index contributed by atoms with van der Waals surface area (Å²) in [4.78, 5) is 7.08. The summed E-state index contributed by atoms with van der Waals surface area (Å²) in [7, 11) is 0. The molecule has 0 saturated carbocycles. The molecule has 0 fully saturated rings. The van der Waals surface area contributed by atoms with Gasteiger partial charge in [-0.15, -0.1) is 0 Å². The Morgan fingerprint density at radius 2 is 1.89 bits per heavy atom. The Bertz CT molecular complexity index is 384. The Labute approximate surface area is 118 Å². The Morgan fingerprint density at radius 1 is 1.26 bits per heavy atom. The van der Waals surface area contributed by atoms with Crippen LogP contribution in [-0.2, 0) is 6.54 Å². The summed E-state index contributed by atoms with van der Waals surface area (Å²) in [5, 5.41) is 0. The van der Waals surface area contributed by atoms with Gasteiger partial charge in [-0.2, -0.15) is 0 Å². The highest BCUT2D eigenvalue weighted by Crippen LogP contribution is 2.25. The SMILES string of the molecule is CCC(CC)N(CC(C)C)c1nccc(C)c1CN. The van der Waals surface area contributed by atoms with Crippen molar-refractivity contribution in [2.75, 3.05) is 11.4 Å². The van der Waals surface area contributed by atoms with Crippen LogP contribution in [0.3, 0.4) is 0 Å². The molecule has 0 aliphatic rings. The Balaban J connectivity index is 3.19. The highest BCUT2D eigenvalue weighted by molar-refractivity contribution is 5.51. The maximum absolute atomic E-state index is 5.94. The Morgan fingerprint density at radius 3 is 2.37 bits per heavy atom. The molecule has 108 valence electrons. The van der Waals surface area contributed by atoms with Crippen LogP contribution in [0.15, 0.2) is 12.3 Å². The topological polar surface area (TPSA) is 42.2 Å². The van der Waals surface area contributed by atoms with Crippen molar-refractivity contribution in [1.82, 2.24) is 4.98 Å². The van der Waals surface area contributed by atoms with Crippen molar-refractivity contribution in [2.45, 2.75) is 60.0 Å². The average Bonchev–Trinajstić information content (AvgIpc) is 2.38. The molecular formula is C16H29N3. The molecule has 0 aliphatic carbocycles. The summed E-state index contributed by atoms with van der Waals surface area (Å²) in [6.07, 6.45) is 4.19. The van der Waals surface area contributed by atoms with Crippen LogP contribution < -0.4 is 10.6 Å². The molecular weight excluding hydrogens is 234 g/mol. The first-order chi connectivity index (χ1) is 9.04. The number of aryl methyl sites for hydroxylation is 1. The van der Waals surface area contributed by atoms with Crippen molar-refractivity contribution in [3.8, 4) is 0 Å². The second kappa shape index (κ2) is 7.49. The monoisotopic (exact) mass is 263 g/mol. The van der Waals surface area contributed by atoms with Crippen molar-refractivity contribution in [3.63, 3.8) is 0 Å². The van der Waals surface area contributed by atoms with Crippen LogP contribution >= 0.6 is 0 Å². The molecule has 0 amide bonds. The molecule has 1 rings (SSSR count). The first kappa shape index (κ1) is 16.0. The number of nitrogens with two attached hydrogens (primary N) is 1. The van der Waals surface area contributed by atoms with Gasteiger partial charge in [0.1, 0.15) is 5.82 Å². The normalized spacial score (nSPS) is 11.4. The Hall–Kier alpha value is -1.09. The van der Waals surface area contributed by atoms with Crippen molar-refractivity contribution in [1.29, 1.82) is 0 Å². The molecule has 0 radical (unpaired) electrons. The zero-order valence-corrected chi connectivity index (χ0v) is 13.1. The molecule has 0 spiro atoms. The summed E-state index contributed by atoms with van der Waals surface area (Å²) in [6, 6.07) is 2.59. The van der Waals surface area contributed by atoms with Crippen molar-refractivity contribution < 1.29 is 0 Å². The molecule has 0 saturated heterocycles. The number of rotatable bonds is 7. The first-order valence-electron chi connectivity index (χ1n) is 7.46. The smallest absolute Gasteiger partial charge is 0.133 e. The van der Waals surface area contributed by atoms with Crippen molar-refractivity contribution in [3.05, 3.63) is 23.4 Å². The average molecular weight is 263 g/mol. The lowest BCUT2D eigenvalue weighted by Gasteiger charge is -2.34. The van der Waals surface area contributed by atoms with Crippen LogP contribution in [-0.4, -0.2) is 17.6 Å². The van der Waals surface area contributed by atoms with Crippen LogP contribution in [0.25, 0.3) is 0 Å². The van der Waals surface area contributed by atoms with Gasteiger partial charge in [-0.1, -0.05) is 27.7 Å². The van der Waals surface area contributed by atoms with Crippen LogP contribution in [0.2, 0.25) is 0 Å². The Kier molecular flexibility index (Phi) is 6.29. The first-order valence-corrected chi connectivity index (χ1v) is 7.46. The zero-order valence-electron chi connectivity index (χ0n) is 13.1. The molecule has 0 atom stereocenters. The van der Waals surface area contributed by atoms with E-state index in [1.54, 1.807) is 0 Å². The molecule has 1 heterocycles. The highest BCUT2D eigenvalue weighted by atomic mass is 15.2. The van der Waals surface area contributed by atoms with E-state index in [9.17, 15) is 0 Å². The maximum Gasteiger partial charge on any atom is 0.133 e. The third-order valence-corrected chi connectivity index (χ3v) is 3.69. The molecule has 0 unspecified atom stereocenters. The van der Waals surface area contributed by atoms with Gasteiger partial charge in [-0.3, -0.25) is 0 Å². The molecule has 3 nitrogen and oxygen atoms in total. The molecule has 0 aromatic carbocycles. The van der Waals surface area contributed by atoms with Crippen LogP contribution in [0, 0.1) is 12.8 Å². The van der Waals surface area contributed by atoms with E-state index < -0.39 is 0 Å². The summed E-state index contributed by atoms with van der Waals surface area (Å²) < 4.78 is 0. The quantitative estimate of drug-likeness (QED) is 0.818. The maximum atomic E-state index is 5.94. The van der Waals surface area contributed by atoms with Gasteiger partial charge in [-0.25, -0.2) is 4.98 Å². The lowest BCUT2D eigenvalue weighted by molar-refractivity contribution is 0.501. The summed E-state index contributed by atoms with van der Waals surface area (Å²) in [5.74, 6) is 1.71. The third kappa shape index (κ3) is 3.93. The van der Waals surface area contributed by atoms with E-state index in [-0.39, 0.29) is 0 Å². The van der Waals surface area contributed by atoms with E-state index in [2.05, 4.69) is 44.5 Å². The standard InChI is InChI=1S/C16H29N3/c1-6-14(7-2)19(11-12(3)4)16-15(10-17)13(5)8-9-18-16/h8-9,12,14H,6-7,10-11,17H2,1-5H3. The van der Waals surface area contributed by atoms with Gasteiger partial charge in [0.2, 0.25) is 0 Å². The van der Waals surface area contributed by atoms with Crippen molar-refractivity contribution >= 4 is 5.82 Å². The van der Waals surface area contributed by atoms with Crippen LogP contribution in [0.5, 0.6) is 0 Å². The number of pyridine rings is 1. The minimum atomic E-state index is 0.544. The molecule has 0 bridgehead atoms. The van der Waals surface area contributed by atoms with Crippen LogP contribution in [0.4, 0.5) is 5.82 Å². The van der Waals surface area contributed by atoms with Gasteiger partial charge in [0, 0.05) is 30.9 Å². The predicted molar refractivity (Wildman–Crippen MR) is 83.4 cm³/mol. The van der Waals surface area contributed by atoms with Crippen molar-refractivity contribution in [2.24, 2.45) is 11.7 Å². The zero-order chi connectivity index (χ0) is 14.4. The van der Waals surface area contributed by atoms with Crippen LogP contribution in [0.1, 0.15) is 51.7 Å².